The molecule has 0 radical (unpaired) electrons. The Morgan fingerprint density at radius 1 is 1.50 bits per heavy atom. The van der Waals surface area contributed by atoms with Gasteiger partial charge in [0, 0.05) is 11.8 Å². The fourth-order valence-corrected chi connectivity index (χ4v) is 2.49. The van der Waals surface area contributed by atoms with Gasteiger partial charge in [-0.15, -0.1) is 0 Å². The molecule has 1 aromatic rings. The Morgan fingerprint density at radius 3 is 2.79 bits per heavy atom. The standard InChI is InChI=1S/C11H16O2S/c1-10(2)7-13-8-11(10,12)5-9-3-4-14-6-9/h3-4,6,12H,5,7-8H2,1-2H3. The average Bonchev–Trinajstić information content (AvgIpc) is 2.63. The average molecular weight is 212 g/mol. The van der Waals surface area contributed by atoms with Gasteiger partial charge in [0.1, 0.15) is 0 Å². The molecule has 1 aliphatic heterocycles. The van der Waals surface area contributed by atoms with Crippen LogP contribution in [0, 0.1) is 5.41 Å². The van der Waals surface area contributed by atoms with Gasteiger partial charge in [-0.25, -0.2) is 0 Å². The molecule has 2 heterocycles. The number of rotatable bonds is 2. The van der Waals surface area contributed by atoms with Gasteiger partial charge >= 0.3 is 0 Å². The van der Waals surface area contributed by atoms with Gasteiger partial charge in [-0.05, 0) is 22.4 Å². The second-order valence-electron chi connectivity index (χ2n) is 4.72. The molecule has 1 atom stereocenters. The third kappa shape index (κ3) is 1.60. The Kier molecular flexibility index (Phi) is 2.41. The van der Waals surface area contributed by atoms with Crippen molar-refractivity contribution < 1.29 is 9.84 Å². The van der Waals surface area contributed by atoms with E-state index in [1.54, 1.807) is 11.3 Å². The van der Waals surface area contributed by atoms with Crippen LogP contribution in [0.2, 0.25) is 0 Å². The molecule has 1 aromatic heterocycles. The molecule has 1 aliphatic rings. The van der Waals surface area contributed by atoms with Crippen LogP contribution in [-0.4, -0.2) is 23.9 Å². The summed E-state index contributed by atoms with van der Waals surface area (Å²) in [4.78, 5) is 0. The Hall–Kier alpha value is -0.380. The van der Waals surface area contributed by atoms with E-state index >= 15 is 0 Å². The molecule has 3 heteroatoms. The maximum absolute atomic E-state index is 10.5. The molecule has 1 unspecified atom stereocenters. The van der Waals surface area contributed by atoms with Crippen molar-refractivity contribution in [3.05, 3.63) is 22.4 Å². The Balaban J connectivity index is 2.17. The molecule has 1 saturated heterocycles. The van der Waals surface area contributed by atoms with Crippen LogP contribution in [0.5, 0.6) is 0 Å². The van der Waals surface area contributed by atoms with Gasteiger partial charge < -0.3 is 9.84 Å². The summed E-state index contributed by atoms with van der Waals surface area (Å²) in [6, 6.07) is 2.07. The summed E-state index contributed by atoms with van der Waals surface area (Å²) in [5.41, 5.74) is 0.360. The first kappa shape index (κ1) is 10.1. The van der Waals surface area contributed by atoms with Crippen molar-refractivity contribution in [2.75, 3.05) is 13.2 Å². The SMILES string of the molecule is CC1(C)COCC1(O)Cc1ccsc1. The van der Waals surface area contributed by atoms with Gasteiger partial charge in [-0.3, -0.25) is 0 Å². The second-order valence-corrected chi connectivity index (χ2v) is 5.50. The number of hydrogen-bond donors (Lipinski definition) is 1. The summed E-state index contributed by atoms with van der Waals surface area (Å²) < 4.78 is 5.38. The van der Waals surface area contributed by atoms with E-state index in [4.69, 9.17) is 4.74 Å². The van der Waals surface area contributed by atoms with Gasteiger partial charge in [0.15, 0.2) is 0 Å². The van der Waals surface area contributed by atoms with Crippen LogP contribution in [0.4, 0.5) is 0 Å². The lowest BCUT2D eigenvalue weighted by atomic mass is 9.75. The smallest absolute Gasteiger partial charge is 0.0992 e. The molecule has 0 spiro atoms. The highest BCUT2D eigenvalue weighted by atomic mass is 32.1. The highest BCUT2D eigenvalue weighted by Crippen LogP contribution is 2.39. The normalized spacial score (nSPS) is 30.8. The van der Waals surface area contributed by atoms with Gasteiger partial charge in [0.2, 0.25) is 0 Å². The first-order valence-corrected chi connectivity index (χ1v) is 5.79. The molecule has 78 valence electrons. The van der Waals surface area contributed by atoms with Gasteiger partial charge in [-0.1, -0.05) is 13.8 Å². The van der Waals surface area contributed by atoms with Crippen LogP contribution in [0.15, 0.2) is 16.8 Å². The second kappa shape index (κ2) is 3.33. The first-order valence-electron chi connectivity index (χ1n) is 4.85. The lowest BCUT2D eigenvalue weighted by Crippen LogP contribution is -2.45. The van der Waals surface area contributed by atoms with Crippen LogP contribution in [0.25, 0.3) is 0 Å². The van der Waals surface area contributed by atoms with Crippen molar-refractivity contribution in [3.63, 3.8) is 0 Å². The van der Waals surface area contributed by atoms with Crippen LogP contribution < -0.4 is 0 Å². The highest BCUT2D eigenvalue weighted by Gasteiger charge is 2.48. The predicted molar refractivity (Wildman–Crippen MR) is 57.6 cm³/mol. The fraction of sp³-hybridized carbons (Fsp3) is 0.636. The summed E-state index contributed by atoms with van der Waals surface area (Å²) in [5.74, 6) is 0. The topological polar surface area (TPSA) is 29.5 Å². The fourth-order valence-electron chi connectivity index (χ4n) is 1.83. The monoisotopic (exact) mass is 212 g/mol. The van der Waals surface area contributed by atoms with E-state index in [2.05, 4.69) is 25.3 Å². The third-order valence-corrected chi connectivity index (χ3v) is 3.87. The maximum Gasteiger partial charge on any atom is 0.0992 e. The number of hydrogen-bond acceptors (Lipinski definition) is 3. The molecule has 2 rings (SSSR count). The molecule has 0 bridgehead atoms. The summed E-state index contributed by atoms with van der Waals surface area (Å²) in [5, 5.41) is 14.6. The van der Waals surface area contributed by atoms with Crippen molar-refractivity contribution in [1.82, 2.24) is 0 Å². The molecule has 2 nitrogen and oxygen atoms in total. The molecule has 0 aromatic carbocycles. The molecular formula is C11H16O2S. The molecule has 0 aliphatic carbocycles. The van der Waals surface area contributed by atoms with E-state index < -0.39 is 5.60 Å². The Labute approximate surface area is 88.5 Å². The summed E-state index contributed by atoms with van der Waals surface area (Å²) >= 11 is 1.67. The maximum atomic E-state index is 10.5. The van der Waals surface area contributed by atoms with Gasteiger partial charge in [-0.2, -0.15) is 11.3 Å². The van der Waals surface area contributed by atoms with E-state index in [-0.39, 0.29) is 5.41 Å². The van der Waals surface area contributed by atoms with E-state index in [9.17, 15) is 5.11 Å². The number of aliphatic hydroxyl groups is 1. The lowest BCUT2D eigenvalue weighted by molar-refractivity contribution is -0.0318. The predicted octanol–water partition coefficient (Wildman–Crippen LogP) is 2.08. The Morgan fingerprint density at radius 2 is 2.29 bits per heavy atom. The molecule has 1 N–H and O–H groups in total. The van der Waals surface area contributed by atoms with E-state index in [1.807, 2.05) is 5.38 Å². The largest absolute Gasteiger partial charge is 0.386 e. The minimum Gasteiger partial charge on any atom is -0.386 e. The van der Waals surface area contributed by atoms with E-state index in [0.717, 1.165) is 0 Å². The van der Waals surface area contributed by atoms with Crippen LogP contribution >= 0.6 is 11.3 Å². The lowest BCUT2D eigenvalue weighted by Gasteiger charge is -2.34. The highest BCUT2D eigenvalue weighted by molar-refractivity contribution is 7.07. The molecule has 14 heavy (non-hydrogen) atoms. The number of thiophene rings is 1. The van der Waals surface area contributed by atoms with E-state index in [1.165, 1.54) is 5.56 Å². The van der Waals surface area contributed by atoms with Crippen molar-refractivity contribution in [3.8, 4) is 0 Å². The minimum atomic E-state index is -0.700. The van der Waals surface area contributed by atoms with Crippen LogP contribution in [0.3, 0.4) is 0 Å². The van der Waals surface area contributed by atoms with Crippen molar-refractivity contribution in [2.45, 2.75) is 25.9 Å². The van der Waals surface area contributed by atoms with Crippen molar-refractivity contribution in [2.24, 2.45) is 5.41 Å². The quantitative estimate of drug-likeness (QED) is 0.813. The van der Waals surface area contributed by atoms with E-state index in [0.29, 0.717) is 19.6 Å². The zero-order valence-corrected chi connectivity index (χ0v) is 9.43. The third-order valence-electron chi connectivity index (χ3n) is 3.14. The molecule has 0 saturated carbocycles. The molecule has 0 amide bonds. The van der Waals surface area contributed by atoms with Crippen LogP contribution in [0.1, 0.15) is 19.4 Å². The summed E-state index contributed by atoms with van der Waals surface area (Å²) in [7, 11) is 0. The minimum absolute atomic E-state index is 0.144. The summed E-state index contributed by atoms with van der Waals surface area (Å²) in [6.07, 6.45) is 0.698. The summed E-state index contributed by atoms with van der Waals surface area (Å²) in [6.45, 7) is 5.22. The van der Waals surface area contributed by atoms with Crippen molar-refractivity contribution in [1.29, 1.82) is 0 Å². The Bertz CT molecular complexity index is 305. The van der Waals surface area contributed by atoms with Crippen molar-refractivity contribution >= 4 is 11.3 Å². The molecular weight excluding hydrogens is 196 g/mol. The molecule has 1 fully saturated rings. The van der Waals surface area contributed by atoms with Crippen LogP contribution in [-0.2, 0) is 11.2 Å². The van der Waals surface area contributed by atoms with Gasteiger partial charge in [0.05, 0.1) is 18.8 Å². The van der Waals surface area contributed by atoms with Gasteiger partial charge in [0.25, 0.3) is 0 Å². The zero-order chi connectivity index (χ0) is 10.2. The zero-order valence-electron chi connectivity index (χ0n) is 8.62. The first-order chi connectivity index (χ1) is 6.54. The number of ether oxygens (including phenoxy) is 1.